The molecule has 1 aromatic heterocycles. The SMILES string of the molecule is COC(C)CNc1nccc(C)n1. The molecule has 0 saturated heterocycles. The van der Waals surface area contributed by atoms with E-state index in [1.165, 1.54) is 0 Å². The van der Waals surface area contributed by atoms with E-state index in [-0.39, 0.29) is 6.10 Å². The molecule has 0 aliphatic heterocycles. The second-order valence-electron chi connectivity index (χ2n) is 2.95. The molecule has 4 heteroatoms. The molecule has 1 aromatic rings. The summed E-state index contributed by atoms with van der Waals surface area (Å²) < 4.78 is 5.08. The lowest BCUT2D eigenvalue weighted by molar-refractivity contribution is 0.128. The molecule has 0 fully saturated rings. The van der Waals surface area contributed by atoms with Crippen LogP contribution in [0.4, 0.5) is 5.95 Å². The van der Waals surface area contributed by atoms with E-state index >= 15 is 0 Å². The topological polar surface area (TPSA) is 47.0 Å². The largest absolute Gasteiger partial charge is 0.380 e. The maximum absolute atomic E-state index is 5.08. The molecule has 0 saturated carbocycles. The van der Waals surface area contributed by atoms with Gasteiger partial charge in [0.2, 0.25) is 5.95 Å². The second kappa shape index (κ2) is 4.77. The van der Waals surface area contributed by atoms with Crippen LogP contribution < -0.4 is 5.32 Å². The van der Waals surface area contributed by atoms with Gasteiger partial charge in [-0.25, -0.2) is 9.97 Å². The van der Waals surface area contributed by atoms with Crippen molar-refractivity contribution in [3.63, 3.8) is 0 Å². The number of rotatable bonds is 4. The van der Waals surface area contributed by atoms with E-state index in [1.54, 1.807) is 13.3 Å². The highest BCUT2D eigenvalue weighted by Gasteiger charge is 2.00. The molecule has 1 unspecified atom stereocenters. The third kappa shape index (κ3) is 3.38. The molecule has 1 heterocycles. The summed E-state index contributed by atoms with van der Waals surface area (Å²) >= 11 is 0. The first-order valence-electron chi connectivity index (χ1n) is 4.28. The van der Waals surface area contributed by atoms with Gasteiger partial charge in [0.05, 0.1) is 6.10 Å². The Morgan fingerprint density at radius 3 is 3.00 bits per heavy atom. The number of aromatic nitrogens is 2. The minimum atomic E-state index is 0.170. The van der Waals surface area contributed by atoms with E-state index < -0.39 is 0 Å². The maximum Gasteiger partial charge on any atom is 0.222 e. The lowest BCUT2D eigenvalue weighted by atomic mass is 10.4. The molecule has 0 amide bonds. The quantitative estimate of drug-likeness (QED) is 0.759. The van der Waals surface area contributed by atoms with Crippen molar-refractivity contribution in [2.24, 2.45) is 0 Å². The number of aryl methyl sites for hydroxylation is 1. The zero-order valence-electron chi connectivity index (χ0n) is 8.24. The Labute approximate surface area is 78.4 Å². The van der Waals surface area contributed by atoms with Gasteiger partial charge in [-0.2, -0.15) is 0 Å². The molecule has 0 aliphatic carbocycles. The third-order valence-electron chi connectivity index (χ3n) is 1.74. The Hall–Kier alpha value is -1.16. The highest BCUT2D eigenvalue weighted by atomic mass is 16.5. The van der Waals surface area contributed by atoms with Gasteiger partial charge in [0, 0.05) is 25.5 Å². The third-order valence-corrected chi connectivity index (χ3v) is 1.74. The summed E-state index contributed by atoms with van der Waals surface area (Å²) in [5.74, 6) is 0.656. The number of anilines is 1. The van der Waals surface area contributed by atoms with Crippen molar-refractivity contribution < 1.29 is 4.74 Å². The standard InChI is InChI=1S/C9H15N3O/c1-7-4-5-10-9(12-7)11-6-8(2)13-3/h4-5,8H,6H2,1-3H3,(H,10,11,12). The van der Waals surface area contributed by atoms with Gasteiger partial charge in [-0.3, -0.25) is 0 Å². The fourth-order valence-electron chi connectivity index (χ4n) is 0.852. The fraction of sp³-hybridized carbons (Fsp3) is 0.556. The van der Waals surface area contributed by atoms with Crippen LogP contribution in [0.3, 0.4) is 0 Å². The Morgan fingerprint density at radius 1 is 1.62 bits per heavy atom. The van der Waals surface area contributed by atoms with Crippen molar-refractivity contribution in [2.45, 2.75) is 20.0 Å². The smallest absolute Gasteiger partial charge is 0.222 e. The summed E-state index contributed by atoms with van der Waals surface area (Å²) in [6, 6.07) is 1.87. The van der Waals surface area contributed by atoms with Gasteiger partial charge in [0.1, 0.15) is 0 Å². The Kier molecular flexibility index (Phi) is 3.64. The van der Waals surface area contributed by atoms with Crippen LogP contribution >= 0.6 is 0 Å². The monoisotopic (exact) mass is 181 g/mol. The van der Waals surface area contributed by atoms with Crippen LogP contribution in [0.2, 0.25) is 0 Å². The van der Waals surface area contributed by atoms with E-state index in [0.717, 1.165) is 12.2 Å². The molecule has 13 heavy (non-hydrogen) atoms. The highest BCUT2D eigenvalue weighted by molar-refractivity contribution is 5.24. The number of nitrogens with zero attached hydrogens (tertiary/aromatic N) is 2. The molecule has 0 radical (unpaired) electrons. The van der Waals surface area contributed by atoms with Crippen molar-refractivity contribution in [3.05, 3.63) is 18.0 Å². The van der Waals surface area contributed by atoms with Crippen LogP contribution in [0.25, 0.3) is 0 Å². The van der Waals surface area contributed by atoms with Gasteiger partial charge in [-0.05, 0) is 19.9 Å². The minimum absolute atomic E-state index is 0.170. The molecule has 1 atom stereocenters. The minimum Gasteiger partial charge on any atom is -0.380 e. The van der Waals surface area contributed by atoms with Gasteiger partial charge < -0.3 is 10.1 Å². The molecular weight excluding hydrogens is 166 g/mol. The summed E-state index contributed by atoms with van der Waals surface area (Å²) in [5, 5.41) is 3.09. The number of ether oxygens (including phenoxy) is 1. The van der Waals surface area contributed by atoms with Gasteiger partial charge >= 0.3 is 0 Å². The van der Waals surface area contributed by atoms with Gasteiger partial charge in [-0.1, -0.05) is 0 Å². The number of nitrogens with one attached hydrogen (secondary N) is 1. The van der Waals surface area contributed by atoms with Crippen LogP contribution in [0.15, 0.2) is 12.3 Å². The van der Waals surface area contributed by atoms with Crippen molar-refractivity contribution in [2.75, 3.05) is 19.0 Å². The summed E-state index contributed by atoms with van der Waals surface area (Å²) in [7, 11) is 1.68. The van der Waals surface area contributed by atoms with Crippen LogP contribution in [-0.2, 0) is 4.74 Å². The average molecular weight is 181 g/mol. The Morgan fingerprint density at radius 2 is 2.38 bits per heavy atom. The van der Waals surface area contributed by atoms with Crippen LogP contribution in [0.5, 0.6) is 0 Å². The molecule has 1 rings (SSSR count). The van der Waals surface area contributed by atoms with Crippen molar-refractivity contribution in [3.8, 4) is 0 Å². The molecular formula is C9H15N3O. The van der Waals surface area contributed by atoms with Crippen LogP contribution in [0.1, 0.15) is 12.6 Å². The zero-order chi connectivity index (χ0) is 9.68. The van der Waals surface area contributed by atoms with E-state index in [1.807, 2.05) is 19.9 Å². The lowest BCUT2D eigenvalue weighted by Gasteiger charge is -2.10. The van der Waals surface area contributed by atoms with Crippen molar-refractivity contribution >= 4 is 5.95 Å². The average Bonchev–Trinajstić information content (AvgIpc) is 2.14. The number of hydrogen-bond acceptors (Lipinski definition) is 4. The second-order valence-corrected chi connectivity index (χ2v) is 2.95. The lowest BCUT2D eigenvalue weighted by Crippen LogP contribution is -2.19. The summed E-state index contributed by atoms with van der Waals surface area (Å²) in [5.41, 5.74) is 0.961. The number of methoxy groups -OCH3 is 1. The van der Waals surface area contributed by atoms with E-state index in [4.69, 9.17) is 4.74 Å². The first-order chi connectivity index (χ1) is 6.22. The highest BCUT2D eigenvalue weighted by Crippen LogP contribution is 1.99. The van der Waals surface area contributed by atoms with Crippen molar-refractivity contribution in [1.29, 1.82) is 0 Å². The Balaban J connectivity index is 2.45. The first-order valence-corrected chi connectivity index (χ1v) is 4.28. The first kappa shape index (κ1) is 9.92. The van der Waals surface area contributed by atoms with Gasteiger partial charge in [0.15, 0.2) is 0 Å². The molecule has 0 aromatic carbocycles. The molecule has 1 N–H and O–H groups in total. The normalized spacial score (nSPS) is 12.5. The molecule has 0 aliphatic rings. The molecule has 0 spiro atoms. The Bertz CT molecular complexity index is 265. The van der Waals surface area contributed by atoms with Crippen molar-refractivity contribution in [1.82, 2.24) is 9.97 Å². The summed E-state index contributed by atoms with van der Waals surface area (Å²) in [6.45, 7) is 4.65. The molecule has 0 bridgehead atoms. The van der Waals surface area contributed by atoms with E-state index in [0.29, 0.717) is 5.95 Å². The number of hydrogen-bond donors (Lipinski definition) is 1. The summed E-state index contributed by atoms with van der Waals surface area (Å²) in [4.78, 5) is 8.27. The summed E-state index contributed by atoms with van der Waals surface area (Å²) in [6.07, 6.45) is 1.91. The van der Waals surface area contributed by atoms with E-state index in [2.05, 4.69) is 15.3 Å². The van der Waals surface area contributed by atoms with Gasteiger partial charge in [0.25, 0.3) is 0 Å². The van der Waals surface area contributed by atoms with Gasteiger partial charge in [-0.15, -0.1) is 0 Å². The molecule has 72 valence electrons. The van der Waals surface area contributed by atoms with E-state index in [9.17, 15) is 0 Å². The predicted molar refractivity (Wildman–Crippen MR) is 51.7 cm³/mol. The zero-order valence-corrected chi connectivity index (χ0v) is 8.24. The molecule has 4 nitrogen and oxygen atoms in total. The van der Waals surface area contributed by atoms with Crippen LogP contribution in [-0.4, -0.2) is 29.7 Å². The fourth-order valence-corrected chi connectivity index (χ4v) is 0.852. The maximum atomic E-state index is 5.08. The van der Waals surface area contributed by atoms with Crippen LogP contribution in [0, 0.1) is 6.92 Å². The predicted octanol–water partition coefficient (Wildman–Crippen LogP) is 1.23.